The van der Waals surface area contributed by atoms with E-state index < -0.39 is 11.9 Å². The van der Waals surface area contributed by atoms with E-state index in [4.69, 9.17) is 14.2 Å². The number of rotatable bonds is 9. The van der Waals surface area contributed by atoms with Gasteiger partial charge in [0.2, 0.25) is 11.8 Å². The first-order valence-electron chi connectivity index (χ1n) is 10.7. The van der Waals surface area contributed by atoms with E-state index in [2.05, 4.69) is 20.3 Å². The number of nitrogens with one attached hydrogen (secondary N) is 1. The van der Waals surface area contributed by atoms with Gasteiger partial charge in [0, 0.05) is 41.9 Å². The largest absolute Gasteiger partial charge is 0.475 e. The highest BCUT2D eigenvalue weighted by atomic mass is 32.1. The van der Waals surface area contributed by atoms with Crippen LogP contribution in [0.2, 0.25) is 0 Å². The molecule has 0 aliphatic heterocycles. The van der Waals surface area contributed by atoms with Crippen molar-refractivity contribution < 1.29 is 23.4 Å². The number of pyridine rings is 2. The molecule has 1 aromatic carbocycles. The van der Waals surface area contributed by atoms with Gasteiger partial charge in [-0.1, -0.05) is 0 Å². The first-order valence-corrected chi connectivity index (χ1v) is 11.6. The van der Waals surface area contributed by atoms with Gasteiger partial charge in [-0.25, -0.2) is 15.0 Å². The highest BCUT2D eigenvalue weighted by molar-refractivity contribution is 7.14. The molecule has 0 fully saturated rings. The van der Waals surface area contributed by atoms with Crippen molar-refractivity contribution in [2.24, 2.45) is 0 Å². The molecule has 35 heavy (non-hydrogen) atoms. The minimum atomic E-state index is -0.715. The van der Waals surface area contributed by atoms with Gasteiger partial charge in [0.15, 0.2) is 5.13 Å². The highest BCUT2D eigenvalue weighted by Gasteiger charge is 2.15. The minimum absolute atomic E-state index is 0.173. The zero-order valence-corrected chi connectivity index (χ0v) is 20.2. The fraction of sp³-hybridized carbons (Fsp3) is 0.200. The summed E-state index contributed by atoms with van der Waals surface area (Å²) in [5.74, 6) is 0.586. The normalized spacial score (nSPS) is 10.7. The number of hydrogen-bond donors (Lipinski definition) is 1. The van der Waals surface area contributed by atoms with Crippen LogP contribution in [0.1, 0.15) is 21.5 Å². The first kappa shape index (κ1) is 24.2. The maximum Gasteiger partial charge on any atom is 0.257 e. The number of benzene rings is 1. The lowest BCUT2D eigenvalue weighted by Gasteiger charge is -2.12. The van der Waals surface area contributed by atoms with E-state index in [1.54, 1.807) is 25.4 Å². The first-order chi connectivity index (χ1) is 16.9. The van der Waals surface area contributed by atoms with Crippen LogP contribution in [0.15, 0.2) is 54.2 Å². The van der Waals surface area contributed by atoms with Crippen LogP contribution in [0, 0.1) is 19.8 Å². The third kappa shape index (κ3) is 6.17. The molecular formula is C25H23FN4O4S. The number of amides is 1. The average Bonchev–Trinajstić information content (AvgIpc) is 3.27. The van der Waals surface area contributed by atoms with Crippen molar-refractivity contribution in [2.45, 2.75) is 13.8 Å². The molecule has 0 aliphatic rings. The van der Waals surface area contributed by atoms with E-state index in [0.29, 0.717) is 35.7 Å². The number of methoxy groups -OCH3 is 1. The molecule has 0 saturated carbocycles. The summed E-state index contributed by atoms with van der Waals surface area (Å²) < 4.78 is 29.7. The minimum Gasteiger partial charge on any atom is -0.475 e. The SMILES string of the molecule is COCCOc1ccc(Oc2cc(C)c(-c3csc(NC(=O)c4ccnc(F)c4)n3)c(C)c2)cn1. The average molecular weight is 495 g/mol. The van der Waals surface area contributed by atoms with Gasteiger partial charge in [0.05, 0.1) is 18.5 Å². The number of aromatic nitrogens is 3. The Bertz CT molecular complexity index is 1300. The lowest BCUT2D eigenvalue weighted by Crippen LogP contribution is -2.12. The number of nitrogens with zero attached hydrogens (tertiary/aromatic N) is 3. The number of thiazole rings is 1. The Morgan fingerprint density at radius 2 is 1.86 bits per heavy atom. The van der Waals surface area contributed by atoms with Gasteiger partial charge in [-0.05, 0) is 49.2 Å². The van der Waals surface area contributed by atoms with Gasteiger partial charge in [-0.15, -0.1) is 11.3 Å². The lowest BCUT2D eigenvalue weighted by molar-refractivity contribution is 0.102. The fourth-order valence-electron chi connectivity index (χ4n) is 3.42. The van der Waals surface area contributed by atoms with Gasteiger partial charge in [0.1, 0.15) is 18.1 Å². The van der Waals surface area contributed by atoms with E-state index in [-0.39, 0.29) is 5.56 Å². The molecule has 0 atom stereocenters. The van der Waals surface area contributed by atoms with E-state index in [0.717, 1.165) is 28.5 Å². The topological polar surface area (TPSA) is 95.5 Å². The highest BCUT2D eigenvalue weighted by Crippen LogP contribution is 2.34. The summed E-state index contributed by atoms with van der Waals surface area (Å²) in [6, 6.07) is 9.89. The van der Waals surface area contributed by atoms with E-state index in [1.165, 1.54) is 23.6 Å². The smallest absolute Gasteiger partial charge is 0.257 e. The van der Waals surface area contributed by atoms with Crippen molar-refractivity contribution in [3.63, 3.8) is 0 Å². The van der Waals surface area contributed by atoms with Crippen LogP contribution in [0.4, 0.5) is 9.52 Å². The molecule has 10 heteroatoms. The number of halogens is 1. The zero-order chi connectivity index (χ0) is 24.8. The second kappa shape index (κ2) is 11.0. The third-order valence-corrected chi connectivity index (χ3v) is 5.72. The Morgan fingerprint density at radius 3 is 2.54 bits per heavy atom. The molecule has 3 aromatic heterocycles. The maximum absolute atomic E-state index is 13.3. The van der Waals surface area contributed by atoms with E-state index in [9.17, 15) is 9.18 Å². The lowest BCUT2D eigenvalue weighted by atomic mass is 10.0. The Kier molecular flexibility index (Phi) is 7.64. The molecule has 0 unspecified atom stereocenters. The number of carbonyl (C=O) groups is 1. The third-order valence-electron chi connectivity index (χ3n) is 4.96. The van der Waals surface area contributed by atoms with Crippen molar-refractivity contribution in [3.8, 4) is 28.6 Å². The quantitative estimate of drug-likeness (QED) is 0.245. The molecule has 0 radical (unpaired) electrons. The van der Waals surface area contributed by atoms with Crippen molar-refractivity contribution >= 4 is 22.4 Å². The van der Waals surface area contributed by atoms with E-state index >= 15 is 0 Å². The van der Waals surface area contributed by atoms with Crippen LogP contribution in [0.3, 0.4) is 0 Å². The summed E-state index contributed by atoms with van der Waals surface area (Å²) in [5.41, 5.74) is 3.78. The molecule has 0 bridgehead atoms. The number of hydrogen-bond acceptors (Lipinski definition) is 8. The second-order valence-corrected chi connectivity index (χ2v) is 8.42. The molecule has 4 aromatic rings. The molecule has 3 heterocycles. The van der Waals surface area contributed by atoms with Crippen LogP contribution in [-0.2, 0) is 4.74 Å². The second-order valence-electron chi connectivity index (χ2n) is 7.57. The summed E-state index contributed by atoms with van der Waals surface area (Å²) in [5, 5.41) is 4.99. The summed E-state index contributed by atoms with van der Waals surface area (Å²) in [4.78, 5) is 24.6. The molecule has 4 rings (SSSR count). The molecule has 180 valence electrons. The molecule has 0 saturated heterocycles. The summed E-state index contributed by atoms with van der Waals surface area (Å²) >= 11 is 1.29. The van der Waals surface area contributed by atoms with Crippen LogP contribution in [0.5, 0.6) is 17.4 Å². The van der Waals surface area contributed by atoms with Crippen molar-refractivity contribution in [1.29, 1.82) is 0 Å². The van der Waals surface area contributed by atoms with E-state index in [1.807, 2.05) is 31.4 Å². The Hall–Kier alpha value is -3.89. The number of anilines is 1. The maximum atomic E-state index is 13.3. The Morgan fingerprint density at radius 1 is 1.06 bits per heavy atom. The van der Waals surface area contributed by atoms with Crippen molar-refractivity contribution in [2.75, 3.05) is 25.6 Å². The summed E-state index contributed by atoms with van der Waals surface area (Å²) in [6.45, 7) is 4.85. The van der Waals surface area contributed by atoms with Crippen LogP contribution in [0.25, 0.3) is 11.3 Å². The van der Waals surface area contributed by atoms with Gasteiger partial charge in [0.25, 0.3) is 5.91 Å². The summed E-state index contributed by atoms with van der Waals surface area (Å²) in [7, 11) is 1.61. The van der Waals surface area contributed by atoms with Crippen LogP contribution in [-0.4, -0.2) is 41.2 Å². The van der Waals surface area contributed by atoms with Gasteiger partial charge >= 0.3 is 0 Å². The molecule has 0 aliphatic carbocycles. The van der Waals surface area contributed by atoms with Crippen molar-refractivity contribution in [3.05, 3.63) is 76.8 Å². The molecule has 1 N–H and O–H groups in total. The number of aryl methyl sites for hydroxylation is 2. The number of carbonyl (C=O) groups excluding carboxylic acids is 1. The van der Waals surface area contributed by atoms with Crippen LogP contribution < -0.4 is 14.8 Å². The monoisotopic (exact) mass is 494 g/mol. The predicted molar refractivity (Wildman–Crippen MR) is 131 cm³/mol. The predicted octanol–water partition coefficient (Wildman–Crippen LogP) is 5.43. The van der Waals surface area contributed by atoms with Gasteiger partial charge < -0.3 is 14.2 Å². The van der Waals surface area contributed by atoms with Gasteiger partial charge in [-0.3, -0.25) is 10.1 Å². The Labute approximate surface area is 205 Å². The van der Waals surface area contributed by atoms with Gasteiger partial charge in [-0.2, -0.15) is 4.39 Å². The molecule has 8 nitrogen and oxygen atoms in total. The fourth-order valence-corrected chi connectivity index (χ4v) is 4.12. The molecule has 0 spiro atoms. The standard InChI is InChI=1S/C25H23FN4O4S/c1-15-10-19(34-18-4-5-22(28-13-18)33-9-8-32-3)11-16(2)23(15)20-14-35-25(29-20)30-24(31)17-6-7-27-21(26)12-17/h4-7,10-14H,8-9H2,1-3H3,(H,29,30,31). The van der Waals surface area contributed by atoms with Crippen molar-refractivity contribution in [1.82, 2.24) is 15.0 Å². The molecular weight excluding hydrogens is 471 g/mol. The zero-order valence-electron chi connectivity index (χ0n) is 19.4. The molecule has 1 amide bonds. The van der Waals surface area contributed by atoms with Crippen LogP contribution >= 0.6 is 11.3 Å². The Balaban J connectivity index is 1.45. The summed E-state index contributed by atoms with van der Waals surface area (Å²) in [6.07, 6.45) is 2.85. The number of ether oxygens (including phenoxy) is 3.